The molecular formula is C15H17ClIN3O. The maximum Gasteiger partial charge on any atom is 0.268 e. The first-order valence-electron chi connectivity index (χ1n) is 6.66. The molecule has 3 rings (SSSR count). The zero-order chi connectivity index (χ0) is 13.9. The average molecular weight is 418 g/mol. The maximum absolute atomic E-state index is 12.3. The molecule has 1 aliphatic rings. The summed E-state index contributed by atoms with van der Waals surface area (Å²) in [7, 11) is 0. The van der Waals surface area contributed by atoms with Crippen LogP contribution >= 0.6 is 35.0 Å². The number of nitrogens with one attached hydrogen (secondary N) is 2. The number of carbonyl (C=O) groups excluding carboxylic acids is 1. The predicted octanol–water partition coefficient (Wildman–Crippen LogP) is 2.45. The molecule has 0 atom stereocenters. The molecule has 0 unspecified atom stereocenters. The highest BCUT2D eigenvalue weighted by Crippen LogP contribution is 2.16. The molecule has 2 N–H and O–H groups in total. The van der Waals surface area contributed by atoms with Crippen LogP contribution in [0.25, 0.3) is 5.69 Å². The van der Waals surface area contributed by atoms with Gasteiger partial charge in [0.1, 0.15) is 5.69 Å². The number of aromatic nitrogens is 1. The zero-order valence-corrected chi connectivity index (χ0v) is 14.4. The largest absolute Gasteiger partial charge is 0.350 e. The van der Waals surface area contributed by atoms with Crippen LogP contribution in [0.4, 0.5) is 0 Å². The smallest absolute Gasteiger partial charge is 0.268 e. The molecular weight excluding hydrogens is 401 g/mol. The van der Waals surface area contributed by atoms with Crippen LogP contribution in [0.2, 0.25) is 0 Å². The van der Waals surface area contributed by atoms with Crippen LogP contribution in [0.3, 0.4) is 0 Å². The highest BCUT2D eigenvalue weighted by molar-refractivity contribution is 14.1. The van der Waals surface area contributed by atoms with Crippen molar-refractivity contribution in [2.75, 3.05) is 19.6 Å². The normalized spacial score (nSPS) is 14.1. The van der Waals surface area contributed by atoms with Crippen molar-refractivity contribution in [1.29, 1.82) is 0 Å². The number of rotatable bonds is 4. The van der Waals surface area contributed by atoms with Gasteiger partial charge in [-0.05, 0) is 52.9 Å². The molecule has 0 saturated carbocycles. The molecule has 1 aromatic carbocycles. The van der Waals surface area contributed by atoms with Gasteiger partial charge in [0, 0.05) is 41.0 Å². The molecule has 6 heteroatoms. The summed E-state index contributed by atoms with van der Waals surface area (Å²) in [6, 6.07) is 11.9. The molecule has 2 aromatic rings. The number of benzene rings is 1. The fourth-order valence-electron chi connectivity index (χ4n) is 2.24. The van der Waals surface area contributed by atoms with Crippen molar-refractivity contribution in [3.8, 4) is 5.69 Å². The summed E-state index contributed by atoms with van der Waals surface area (Å²) in [6.07, 6.45) is 1.92. The average Bonchev–Trinajstić information content (AvgIpc) is 2.86. The lowest BCUT2D eigenvalue weighted by atomic mass is 10.0. The van der Waals surface area contributed by atoms with E-state index in [-0.39, 0.29) is 18.3 Å². The van der Waals surface area contributed by atoms with Gasteiger partial charge in [0.15, 0.2) is 0 Å². The van der Waals surface area contributed by atoms with E-state index in [0.717, 1.165) is 28.9 Å². The molecule has 1 aromatic heterocycles. The van der Waals surface area contributed by atoms with E-state index in [1.54, 1.807) is 0 Å². The third-order valence-corrected chi connectivity index (χ3v) is 4.16. The highest BCUT2D eigenvalue weighted by Gasteiger charge is 2.18. The Bertz CT molecular complexity index is 625. The van der Waals surface area contributed by atoms with E-state index >= 15 is 0 Å². The van der Waals surface area contributed by atoms with Crippen molar-refractivity contribution in [3.63, 3.8) is 0 Å². The van der Waals surface area contributed by atoms with Gasteiger partial charge in [-0.15, -0.1) is 12.4 Å². The first-order chi connectivity index (χ1) is 9.74. The van der Waals surface area contributed by atoms with Crippen molar-refractivity contribution < 1.29 is 4.79 Å². The molecule has 0 spiro atoms. The summed E-state index contributed by atoms with van der Waals surface area (Å²) in [6.45, 7) is 2.74. The fourth-order valence-corrected chi connectivity index (χ4v) is 2.76. The fraction of sp³-hybridized carbons (Fsp3) is 0.267. The van der Waals surface area contributed by atoms with Crippen LogP contribution < -0.4 is 10.6 Å². The van der Waals surface area contributed by atoms with Crippen molar-refractivity contribution in [2.24, 2.45) is 5.92 Å². The van der Waals surface area contributed by atoms with Crippen molar-refractivity contribution in [1.82, 2.24) is 15.2 Å². The Morgan fingerprint density at radius 2 is 2.14 bits per heavy atom. The van der Waals surface area contributed by atoms with Gasteiger partial charge in [-0.3, -0.25) is 4.79 Å². The van der Waals surface area contributed by atoms with Gasteiger partial charge in [0.05, 0.1) is 0 Å². The molecule has 4 nitrogen and oxygen atoms in total. The number of hydrogen-bond acceptors (Lipinski definition) is 2. The third-order valence-electron chi connectivity index (χ3n) is 3.49. The van der Waals surface area contributed by atoms with Gasteiger partial charge in [0.2, 0.25) is 0 Å². The summed E-state index contributed by atoms with van der Waals surface area (Å²) in [5.74, 6) is 0.556. The van der Waals surface area contributed by atoms with E-state index in [4.69, 9.17) is 0 Å². The molecule has 1 aliphatic heterocycles. The van der Waals surface area contributed by atoms with Gasteiger partial charge in [-0.1, -0.05) is 6.07 Å². The lowest BCUT2D eigenvalue weighted by Gasteiger charge is -2.27. The third kappa shape index (κ3) is 3.78. The Balaban J connectivity index is 0.00000161. The van der Waals surface area contributed by atoms with Gasteiger partial charge in [-0.25, -0.2) is 0 Å². The predicted molar refractivity (Wildman–Crippen MR) is 94.4 cm³/mol. The van der Waals surface area contributed by atoms with Crippen LogP contribution in [-0.4, -0.2) is 30.1 Å². The first kappa shape index (κ1) is 16.3. The minimum absolute atomic E-state index is 0. The van der Waals surface area contributed by atoms with E-state index in [0.29, 0.717) is 11.6 Å². The summed E-state index contributed by atoms with van der Waals surface area (Å²) in [4.78, 5) is 12.3. The van der Waals surface area contributed by atoms with Crippen molar-refractivity contribution >= 4 is 40.9 Å². The standard InChI is InChI=1S/C15H16IN3O.ClH/c16-12-3-1-4-13(7-12)19-6-2-5-14(19)15(20)18-10-11-8-17-9-11;/h1-7,11,17H,8-10H2,(H,18,20);1H. The van der Waals surface area contributed by atoms with Crippen molar-refractivity contribution in [3.05, 3.63) is 51.9 Å². The van der Waals surface area contributed by atoms with Crippen LogP contribution in [-0.2, 0) is 0 Å². The quantitative estimate of drug-likeness (QED) is 0.751. The van der Waals surface area contributed by atoms with Crippen molar-refractivity contribution in [2.45, 2.75) is 0 Å². The number of nitrogens with zero attached hydrogens (tertiary/aromatic N) is 1. The van der Waals surface area contributed by atoms with E-state index in [1.807, 2.05) is 41.1 Å². The Hall–Kier alpha value is -1.05. The minimum atomic E-state index is -0.0132. The summed E-state index contributed by atoms with van der Waals surface area (Å²) < 4.78 is 3.08. The van der Waals surface area contributed by atoms with Crippen LogP contribution in [0.15, 0.2) is 42.6 Å². The Morgan fingerprint density at radius 1 is 1.33 bits per heavy atom. The first-order valence-corrected chi connectivity index (χ1v) is 7.74. The number of amides is 1. The molecule has 0 aliphatic carbocycles. The Kier molecular flexibility index (Phi) is 5.66. The molecule has 0 radical (unpaired) electrons. The van der Waals surface area contributed by atoms with Gasteiger partial charge >= 0.3 is 0 Å². The van der Waals surface area contributed by atoms with E-state index in [1.165, 1.54) is 0 Å². The molecule has 2 heterocycles. The number of hydrogen-bond donors (Lipinski definition) is 2. The van der Waals surface area contributed by atoms with Gasteiger partial charge < -0.3 is 15.2 Å². The Morgan fingerprint density at radius 3 is 2.81 bits per heavy atom. The molecule has 1 amide bonds. The minimum Gasteiger partial charge on any atom is -0.350 e. The molecule has 0 bridgehead atoms. The van der Waals surface area contributed by atoms with Gasteiger partial charge in [0.25, 0.3) is 5.91 Å². The number of carbonyl (C=O) groups is 1. The highest BCUT2D eigenvalue weighted by atomic mass is 127. The molecule has 1 fully saturated rings. The molecule has 1 saturated heterocycles. The molecule has 112 valence electrons. The monoisotopic (exact) mass is 417 g/mol. The van der Waals surface area contributed by atoms with Crippen LogP contribution in [0.5, 0.6) is 0 Å². The lowest BCUT2D eigenvalue weighted by Crippen LogP contribution is -2.48. The van der Waals surface area contributed by atoms with E-state index in [2.05, 4.69) is 39.3 Å². The second-order valence-corrected chi connectivity index (χ2v) is 6.22. The maximum atomic E-state index is 12.3. The lowest BCUT2D eigenvalue weighted by molar-refractivity contribution is 0.0935. The second kappa shape index (κ2) is 7.29. The second-order valence-electron chi connectivity index (χ2n) is 4.98. The number of halogens is 2. The van der Waals surface area contributed by atoms with E-state index in [9.17, 15) is 4.79 Å². The van der Waals surface area contributed by atoms with Crippen LogP contribution in [0.1, 0.15) is 10.5 Å². The van der Waals surface area contributed by atoms with Gasteiger partial charge in [-0.2, -0.15) is 0 Å². The SMILES string of the molecule is Cl.O=C(NCC1CNC1)c1cccn1-c1cccc(I)c1. The summed E-state index contributed by atoms with van der Waals surface area (Å²) in [5, 5.41) is 6.22. The molecule has 21 heavy (non-hydrogen) atoms. The van der Waals surface area contributed by atoms with E-state index < -0.39 is 0 Å². The van der Waals surface area contributed by atoms with Crippen LogP contribution in [0, 0.1) is 9.49 Å². The zero-order valence-electron chi connectivity index (χ0n) is 11.4. The Labute approximate surface area is 143 Å². The summed E-state index contributed by atoms with van der Waals surface area (Å²) >= 11 is 2.28. The topological polar surface area (TPSA) is 46.1 Å². The summed E-state index contributed by atoms with van der Waals surface area (Å²) in [5.41, 5.74) is 1.69.